The van der Waals surface area contributed by atoms with Crippen molar-refractivity contribution < 1.29 is 14.3 Å². The fourth-order valence-corrected chi connectivity index (χ4v) is 2.18. The van der Waals surface area contributed by atoms with E-state index in [1.54, 1.807) is 0 Å². The molecule has 0 radical (unpaired) electrons. The molecule has 3 nitrogen and oxygen atoms in total. The number of rotatable bonds is 5. The molecule has 1 atom stereocenters. The number of carboxylic acids is 1. The van der Waals surface area contributed by atoms with E-state index in [1.807, 2.05) is 7.05 Å². The van der Waals surface area contributed by atoms with E-state index in [9.17, 15) is 9.18 Å². The van der Waals surface area contributed by atoms with E-state index in [4.69, 9.17) is 5.11 Å². The molecular weight excluding hydrogens is 233 g/mol. The van der Waals surface area contributed by atoms with E-state index in [0.29, 0.717) is 24.1 Å². The number of benzene rings is 1. The summed E-state index contributed by atoms with van der Waals surface area (Å²) in [6.07, 6.45) is 2.48. The van der Waals surface area contributed by atoms with Gasteiger partial charge in [0.25, 0.3) is 0 Å². The molecule has 18 heavy (non-hydrogen) atoms. The number of halogens is 1. The highest BCUT2D eigenvalue weighted by atomic mass is 19.1. The molecule has 1 aromatic carbocycles. The molecule has 0 aromatic heterocycles. The summed E-state index contributed by atoms with van der Waals surface area (Å²) in [5, 5.41) is 8.91. The van der Waals surface area contributed by atoms with Crippen molar-refractivity contribution in [2.75, 3.05) is 7.05 Å². The largest absolute Gasteiger partial charge is 0.478 e. The molecule has 98 valence electrons. The fourth-order valence-electron chi connectivity index (χ4n) is 2.18. The van der Waals surface area contributed by atoms with Gasteiger partial charge in [0, 0.05) is 18.2 Å². The number of aromatic carboxylic acids is 1. The van der Waals surface area contributed by atoms with Gasteiger partial charge in [0.05, 0.1) is 5.56 Å². The van der Waals surface area contributed by atoms with Crippen molar-refractivity contribution in [2.45, 2.75) is 32.4 Å². The lowest BCUT2D eigenvalue weighted by Crippen LogP contribution is -2.30. The second-order valence-corrected chi connectivity index (χ2v) is 5.10. The van der Waals surface area contributed by atoms with E-state index in [0.717, 1.165) is 0 Å². The average molecular weight is 251 g/mol. The average Bonchev–Trinajstić information content (AvgIpc) is 3.14. The molecule has 4 heteroatoms. The number of nitrogens with zero attached hydrogens (tertiary/aromatic N) is 1. The van der Waals surface area contributed by atoms with Crippen molar-refractivity contribution in [3.8, 4) is 0 Å². The lowest BCUT2D eigenvalue weighted by Gasteiger charge is -2.24. The van der Waals surface area contributed by atoms with Crippen LogP contribution < -0.4 is 0 Å². The summed E-state index contributed by atoms with van der Waals surface area (Å²) in [6.45, 7) is 2.58. The van der Waals surface area contributed by atoms with Crippen LogP contribution in [0.15, 0.2) is 18.2 Å². The van der Waals surface area contributed by atoms with Gasteiger partial charge in [-0.1, -0.05) is 0 Å². The molecule has 1 aliphatic rings. The molecule has 0 aliphatic heterocycles. The zero-order valence-corrected chi connectivity index (χ0v) is 10.7. The number of hydrogen-bond acceptors (Lipinski definition) is 2. The van der Waals surface area contributed by atoms with Gasteiger partial charge in [-0.3, -0.25) is 4.90 Å². The normalized spacial score (nSPS) is 16.9. The SMILES string of the molecule is CC(C1CC1)N(C)Cc1cc(C(=O)O)ccc1F. The van der Waals surface area contributed by atoms with Crippen molar-refractivity contribution in [3.63, 3.8) is 0 Å². The van der Waals surface area contributed by atoms with Gasteiger partial charge in [0.2, 0.25) is 0 Å². The van der Waals surface area contributed by atoms with Gasteiger partial charge in [-0.25, -0.2) is 9.18 Å². The minimum Gasteiger partial charge on any atom is -0.478 e. The van der Waals surface area contributed by atoms with Crippen LogP contribution in [-0.2, 0) is 6.54 Å². The van der Waals surface area contributed by atoms with Crippen molar-refractivity contribution in [1.29, 1.82) is 0 Å². The molecule has 0 heterocycles. The summed E-state index contributed by atoms with van der Waals surface area (Å²) in [4.78, 5) is 13.0. The highest BCUT2D eigenvalue weighted by Gasteiger charge is 2.30. The van der Waals surface area contributed by atoms with Crippen LogP contribution in [0, 0.1) is 11.7 Å². The Bertz CT molecular complexity index is 457. The third kappa shape index (κ3) is 2.88. The first kappa shape index (κ1) is 13.0. The lowest BCUT2D eigenvalue weighted by atomic mass is 10.1. The van der Waals surface area contributed by atoms with Gasteiger partial charge in [0.1, 0.15) is 5.82 Å². The van der Waals surface area contributed by atoms with Crippen molar-refractivity contribution >= 4 is 5.97 Å². The van der Waals surface area contributed by atoms with Crippen LogP contribution in [0.4, 0.5) is 4.39 Å². The Morgan fingerprint density at radius 3 is 2.78 bits per heavy atom. The Balaban J connectivity index is 2.11. The second kappa shape index (κ2) is 5.06. The van der Waals surface area contributed by atoms with Crippen LogP contribution in [0.3, 0.4) is 0 Å². The Kier molecular flexibility index (Phi) is 3.66. The molecule has 2 rings (SSSR count). The molecule has 0 bridgehead atoms. The predicted octanol–water partition coefficient (Wildman–Crippen LogP) is 2.75. The molecule has 0 saturated heterocycles. The molecule has 1 aromatic rings. The van der Waals surface area contributed by atoms with Crippen molar-refractivity contribution in [1.82, 2.24) is 4.90 Å². The zero-order valence-electron chi connectivity index (χ0n) is 10.7. The summed E-state index contributed by atoms with van der Waals surface area (Å²) >= 11 is 0. The minimum atomic E-state index is -1.02. The summed E-state index contributed by atoms with van der Waals surface area (Å²) in [5.41, 5.74) is 0.587. The van der Waals surface area contributed by atoms with Crippen LogP contribution in [-0.4, -0.2) is 29.1 Å². The highest BCUT2D eigenvalue weighted by molar-refractivity contribution is 5.87. The topological polar surface area (TPSA) is 40.5 Å². The first-order chi connectivity index (χ1) is 8.49. The van der Waals surface area contributed by atoms with Gasteiger partial charge in [-0.05, 0) is 50.9 Å². The van der Waals surface area contributed by atoms with Gasteiger partial charge >= 0.3 is 5.97 Å². The van der Waals surface area contributed by atoms with Gasteiger partial charge in [-0.2, -0.15) is 0 Å². The maximum Gasteiger partial charge on any atom is 0.335 e. The van der Waals surface area contributed by atoms with Crippen LogP contribution in [0.1, 0.15) is 35.7 Å². The van der Waals surface area contributed by atoms with E-state index < -0.39 is 5.97 Å². The monoisotopic (exact) mass is 251 g/mol. The number of carboxylic acid groups (broad SMARTS) is 1. The Morgan fingerprint density at radius 1 is 1.56 bits per heavy atom. The molecule has 0 spiro atoms. The van der Waals surface area contributed by atoms with Crippen LogP contribution in [0.5, 0.6) is 0 Å². The van der Waals surface area contributed by atoms with E-state index in [2.05, 4.69) is 11.8 Å². The quantitative estimate of drug-likeness (QED) is 0.874. The Hall–Kier alpha value is -1.42. The molecule has 1 aliphatic carbocycles. The fraction of sp³-hybridized carbons (Fsp3) is 0.500. The van der Waals surface area contributed by atoms with Crippen LogP contribution in [0.2, 0.25) is 0 Å². The maximum atomic E-state index is 13.7. The van der Waals surface area contributed by atoms with Gasteiger partial charge in [-0.15, -0.1) is 0 Å². The van der Waals surface area contributed by atoms with Crippen LogP contribution >= 0.6 is 0 Å². The summed E-state index contributed by atoms with van der Waals surface area (Å²) < 4.78 is 13.7. The highest BCUT2D eigenvalue weighted by Crippen LogP contribution is 2.35. The standard InChI is InChI=1S/C14H18FNO2/c1-9(10-3-4-10)16(2)8-12-7-11(14(17)18)5-6-13(12)15/h5-7,9-10H,3-4,8H2,1-2H3,(H,17,18). The third-order valence-electron chi connectivity index (χ3n) is 3.71. The van der Waals surface area contributed by atoms with Crippen molar-refractivity contribution in [3.05, 3.63) is 35.1 Å². The molecular formula is C14H18FNO2. The first-order valence-corrected chi connectivity index (χ1v) is 6.21. The van der Waals surface area contributed by atoms with E-state index in [-0.39, 0.29) is 11.4 Å². The minimum absolute atomic E-state index is 0.138. The molecule has 0 amide bonds. The molecule has 1 N–H and O–H groups in total. The third-order valence-corrected chi connectivity index (χ3v) is 3.71. The zero-order chi connectivity index (χ0) is 13.3. The second-order valence-electron chi connectivity index (χ2n) is 5.10. The maximum absolute atomic E-state index is 13.7. The Morgan fingerprint density at radius 2 is 2.22 bits per heavy atom. The van der Waals surface area contributed by atoms with Gasteiger partial charge in [0.15, 0.2) is 0 Å². The predicted molar refractivity (Wildman–Crippen MR) is 67.0 cm³/mol. The summed E-state index contributed by atoms with van der Waals surface area (Å²) in [7, 11) is 1.95. The lowest BCUT2D eigenvalue weighted by molar-refractivity contribution is 0.0696. The van der Waals surface area contributed by atoms with Gasteiger partial charge < -0.3 is 5.11 Å². The Labute approximate surface area is 106 Å². The van der Waals surface area contributed by atoms with Crippen LogP contribution in [0.25, 0.3) is 0 Å². The van der Waals surface area contributed by atoms with E-state index in [1.165, 1.54) is 31.0 Å². The van der Waals surface area contributed by atoms with E-state index >= 15 is 0 Å². The number of carbonyl (C=O) groups is 1. The smallest absolute Gasteiger partial charge is 0.335 e. The summed E-state index contributed by atoms with van der Waals surface area (Å²) in [6, 6.07) is 4.37. The first-order valence-electron chi connectivity index (χ1n) is 6.21. The molecule has 1 fully saturated rings. The molecule has 1 unspecified atom stereocenters. The summed E-state index contributed by atoms with van der Waals surface area (Å²) in [5.74, 6) is -0.648. The number of hydrogen-bond donors (Lipinski definition) is 1. The molecule has 1 saturated carbocycles. The van der Waals surface area contributed by atoms with Crippen molar-refractivity contribution in [2.24, 2.45) is 5.92 Å².